The van der Waals surface area contributed by atoms with Crippen LogP contribution in [0.25, 0.3) is 10.9 Å². The molecule has 3 heteroatoms. The lowest BCUT2D eigenvalue weighted by Gasteiger charge is -2.58. The van der Waals surface area contributed by atoms with Gasteiger partial charge in [0, 0.05) is 28.1 Å². The van der Waals surface area contributed by atoms with E-state index in [1.165, 1.54) is 39.7 Å². The zero-order chi connectivity index (χ0) is 17.5. The number of likely N-dealkylation sites (tertiary alicyclic amines) is 1. The van der Waals surface area contributed by atoms with E-state index in [1.54, 1.807) is 0 Å². The fraction of sp³-hybridized carbons (Fsp3) is 0.391. The monoisotopic (exact) mass is 344 g/mol. The van der Waals surface area contributed by atoms with Crippen LogP contribution in [0.2, 0.25) is 0 Å². The summed E-state index contributed by atoms with van der Waals surface area (Å²) >= 11 is 0. The third-order valence-electron chi connectivity index (χ3n) is 7.53. The standard InChI is InChI=1S/C23H24N2O/c1-25-9-8-23-13-21-17(16-4-2-3-5-20(16)24-21)12-19(23)22(25)10-14-6-7-15(26)11-18(14)23/h2-7,11,19,22,24,26H,8-10,12-13H2,1H3/t19?,22-,23-/m1/s1. The fourth-order valence-electron chi connectivity index (χ4n) is 6.29. The molecule has 1 aromatic heterocycles. The van der Waals surface area contributed by atoms with Crippen LogP contribution in [0.4, 0.5) is 0 Å². The van der Waals surface area contributed by atoms with Crippen molar-refractivity contribution in [2.45, 2.75) is 37.1 Å². The van der Waals surface area contributed by atoms with E-state index in [2.05, 4.69) is 53.3 Å². The van der Waals surface area contributed by atoms with E-state index < -0.39 is 0 Å². The van der Waals surface area contributed by atoms with Gasteiger partial charge in [-0.15, -0.1) is 0 Å². The molecule has 2 aromatic carbocycles. The van der Waals surface area contributed by atoms with E-state index in [0.29, 0.717) is 17.7 Å². The van der Waals surface area contributed by atoms with Crippen LogP contribution in [-0.4, -0.2) is 34.6 Å². The molecule has 26 heavy (non-hydrogen) atoms. The molecule has 0 spiro atoms. The van der Waals surface area contributed by atoms with Crippen molar-refractivity contribution < 1.29 is 5.11 Å². The number of hydrogen-bond acceptors (Lipinski definition) is 2. The molecule has 2 N–H and O–H groups in total. The average molecular weight is 344 g/mol. The predicted octanol–water partition coefficient (Wildman–Crippen LogP) is 3.79. The predicted molar refractivity (Wildman–Crippen MR) is 104 cm³/mol. The topological polar surface area (TPSA) is 39.3 Å². The summed E-state index contributed by atoms with van der Waals surface area (Å²) in [6.07, 6.45) is 4.50. The molecule has 2 heterocycles. The molecule has 0 amide bonds. The zero-order valence-electron chi connectivity index (χ0n) is 15.1. The Bertz CT molecular complexity index is 1040. The largest absolute Gasteiger partial charge is 0.508 e. The molecule has 0 saturated carbocycles. The van der Waals surface area contributed by atoms with Crippen molar-refractivity contribution in [1.29, 1.82) is 0 Å². The maximum absolute atomic E-state index is 10.2. The van der Waals surface area contributed by atoms with Gasteiger partial charge in [-0.2, -0.15) is 0 Å². The van der Waals surface area contributed by atoms with Crippen LogP contribution in [0.5, 0.6) is 5.75 Å². The molecule has 3 aliphatic rings. The minimum Gasteiger partial charge on any atom is -0.508 e. The van der Waals surface area contributed by atoms with Gasteiger partial charge in [0.1, 0.15) is 5.75 Å². The van der Waals surface area contributed by atoms with Gasteiger partial charge in [-0.25, -0.2) is 0 Å². The Hall–Kier alpha value is -2.26. The number of phenolic OH excluding ortho intramolecular Hbond substituents is 1. The first kappa shape index (κ1) is 14.9. The second-order valence-electron chi connectivity index (χ2n) is 8.61. The van der Waals surface area contributed by atoms with Crippen molar-refractivity contribution in [3.05, 3.63) is 64.8 Å². The second-order valence-corrected chi connectivity index (χ2v) is 8.61. The fourth-order valence-corrected chi connectivity index (χ4v) is 6.29. The number of para-hydroxylation sites is 1. The van der Waals surface area contributed by atoms with Gasteiger partial charge in [-0.3, -0.25) is 0 Å². The van der Waals surface area contributed by atoms with E-state index in [1.807, 2.05) is 6.07 Å². The summed E-state index contributed by atoms with van der Waals surface area (Å²) in [6, 6.07) is 15.4. The second kappa shape index (κ2) is 4.92. The summed E-state index contributed by atoms with van der Waals surface area (Å²) in [5, 5.41) is 11.6. The van der Waals surface area contributed by atoms with Crippen molar-refractivity contribution in [1.82, 2.24) is 9.88 Å². The number of phenols is 1. The molecular weight excluding hydrogens is 320 g/mol. The molecule has 132 valence electrons. The molecule has 0 radical (unpaired) electrons. The Kier molecular flexibility index (Phi) is 2.81. The highest BCUT2D eigenvalue weighted by Crippen LogP contribution is 2.55. The number of benzene rings is 2. The molecule has 3 nitrogen and oxygen atoms in total. The van der Waals surface area contributed by atoms with Crippen LogP contribution in [0.15, 0.2) is 42.5 Å². The number of H-pyrrole nitrogens is 1. The smallest absolute Gasteiger partial charge is 0.115 e. The first-order chi connectivity index (χ1) is 12.7. The summed E-state index contributed by atoms with van der Waals surface area (Å²) in [7, 11) is 2.30. The summed E-state index contributed by atoms with van der Waals surface area (Å²) in [6.45, 7) is 1.14. The molecule has 6 rings (SSSR count). The van der Waals surface area contributed by atoms with Gasteiger partial charge < -0.3 is 15.0 Å². The van der Waals surface area contributed by atoms with Gasteiger partial charge >= 0.3 is 0 Å². The molecular formula is C23H24N2O. The summed E-state index contributed by atoms with van der Waals surface area (Å²) in [5.74, 6) is 1.04. The third kappa shape index (κ3) is 1.77. The summed E-state index contributed by atoms with van der Waals surface area (Å²) in [5.41, 5.74) is 7.24. The first-order valence-electron chi connectivity index (χ1n) is 9.77. The van der Waals surface area contributed by atoms with Crippen molar-refractivity contribution >= 4 is 10.9 Å². The maximum Gasteiger partial charge on any atom is 0.115 e. The van der Waals surface area contributed by atoms with E-state index in [9.17, 15) is 5.11 Å². The highest BCUT2D eigenvalue weighted by molar-refractivity contribution is 5.85. The molecule has 1 fully saturated rings. The minimum atomic E-state index is 0.164. The number of piperidine rings is 1. The zero-order valence-corrected chi connectivity index (χ0v) is 15.1. The van der Waals surface area contributed by atoms with Crippen LogP contribution < -0.4 is 0 Å². The molecule has 3 aromatic rings. The number of aromatic nitrogens is 1. The maximum atomic E-state index is 10.2. The number of nitrogens with zero attached hydrogens (tertiary/aromatic N) is 1. The number of rotatable bonds is 0. The molecule has 3 atom stereocenters. The lowest BCUT2D eigenvalue weighted by molar-refractivity contribution is 0.0240. The van der Waals surface area contributed by atoms with Crippen LogP contribution in [-0.2, 0) is 24.7 Å². The van der Waals surface area contributed by atoms with Crippen molar-refractivity contribution in [2.24, 2.45) is 5.92 Å². The lowest BCUT2D eigenvalue weighted by atomic mass is 9.52. The van der Waals surface area contributed by atoms with Crippen LogP contribution in [0.3, 0.4) is 0 Å². The first-order valence-corrected chi connectivity index (χ1v) is 9.77. The Morgan fingerprint density at radius 3 is 2.96 bits per heavy atom. The van der Waals surface area contributed by atoms with Crippen LogP contribution >= 0.6 is 0 Å². The molecule has 1 aliphatic heterocycles. The van der Waals surface area contributed by atoms with Crippen molar-refractivity contribution in [3.63, 3.8) is 0 Å². The molecule has 1 saturated heterocycles. The van der Waals surface area contributed by atoms with Gasteiger partial charge in [0.25, 0.3) is 0 Å². The van der Waals surface area contributed by atoms with E-state index >= 15 is 0 Å². The number of fused-ring (bicyclic) bond motifs is 4. The van der Waals surface area contributed by atoms with E-state index in [4.69, 9.17) is 0 Å². The Labute approximate surface area is 153 Å². The molecule has 2 bridgehead atoms. The van der Waals surface area contributed by atoms with Gasteiger partial charge in [0.2, 0.25) is 0 Å². The Morgan fingerprint density at radius 2 is 2.04 bits per heavy atom. The van der Waals surface area contributed by atoms with Crippen LogP contribution in [0.1, 0.15) is 28.8 Å². The molecule has 2 aliphatic carbocycles. The van der Waals surface area contributed by atoms with Gasteiger partial charge in [-0.1, -0.05) is 24.3 Å². The summed E-state index contributed by atoms with van der Waals surface area (Å²) in [4.78, 5) is 6.31. The van der Waals surface area contributed by atoms with E-state index in [0.717, 1.165) is 25.8 Å². The average Bonchev–Trinajstić information content (AvgIpc) is 3.00. The quantitative estimate of drug-likeness (QED) is 0.651. The van der Waals surface area contributed by atoms with Crippen molar-refractivity contribution in [3.8, 4) is 5.75 Å². The normalized spacial score (nSPS) is 29.9. The van der Waals surface area contributed by atoms with Crippen LogP contribution in [0, 0.1) is 5.92 Å². The number of nitrogens with one attached hydrogen (secondary N) is 1. The number of aromatic amines is 1. The van der Waals surface area contributed by atoms with Crippen molar-refractivity contribution in [2.75, 3.05) is 13.6 Å². The number of aromatic hydroxyl groups is 1. The summed E-state index contributed by atoms with van der Waals surface area (Å²) < 4.78 is 0. The van der Waals surface area contributed by atoms with Gasteiger partial charge in [-0.05, 0) is 80.1 Å². The SMILES string of the molecule is CN1CC[C@]23Cc4[nH]c5ccccc5c4CC2[C@H]1Cc1ccc(O)cc13. The van der Waals surface area contributed by atoms with Gasteiger partial charge in [0.05, 0.1) is 0 Å². The Morgan fingerprint density at radius 1 is 1.15 bits per heavy atom. The lowest BCUT2D eigenvalue weighted by Crippen LogP contribution is -2.61. The van der Waals surface area contributed by atoms with Gasteiger partial charge in [0.15, 0.2) is 0 Å². The number of hydrogen-bond donors (Lipinski definition) is 2. The third-order valence-corrected chi connectivity index (χ3v) is 7.53. The number of likely N-dealkylation sites (N-methyl/N-ethyl adjacent to an activating group) is 1. The minimum absolute atomic E-state index is 0.164. The highest BCUT2D eigenvalue weighted by Gasteiger charge is 2.54. The highest BCUT2D eigenvalue weighted by atomic mass is 16.3. The molecule has 1 unspecified atom stereocenters. The Balaban J connectivity index is 1.60. The van der Waals surface area contributed by atoms with E-state index in [-0.39, 0.29) is 5.41 Å².